The lowest BCUT2D eigenvalue weighted by Crippen LogP contribution is -2.22. The van der Waals surface area contributed by atoms with E-state index in [-0.39, 0.29) is 5.41 Å². The van der Waals surface area contributed by atoms with Crippen LogP contribution in [0.5, 0.6) is 0 Å². The van der Waals surface area contributed by atoms with Crippen LogP contribution < -0.4 is 5.32 Å². The fourth-order valence-corrected chi connectivity index (χ4v) is 3.55. The highest BCUT2D eigenvalue weighted by atomic mass is 32.2. The van der Waals surface area contributed by atoms with Gasteiger partial charge in [0, 0.05) is 22.7 Å². The normalized spacial score (nSPS) is 24.9. The molecule has 0 saturated carbocycles. The third kappa shape index (κ3) is 3.19. The summed E-state index contributed by atoms with van der Waals surface area (Å²) in [5.41, 5.74) is 2.95. The topological polar surface area (TPSA) is 12.0 Å². The van der Waals surface area contributed by atoms with Crippen molar-refractivity contribution in [1.82, 2.24) is 0 Å². The number of benzene rings is 1. The van der Waals surface area contributed by atoms with Gasteiger partial charge < -0.3 is 5.32 Å². The van der Waals surface area contributed by atoms with Gasteiger partial charge in [-0.05, 0) is 23.5 Å². The van der Waals surface area contributed by atoms with E-state index in [0.717, 1.165) is 5.25 Å². The maximum atomic E-state index is 3.73. The second-order valence-electron chi connectivity index (χ2n) is 6.02. The first-order valence-corrected chi connectivity index (χ1v) is 7.49. The van der Waals surface area contributed by atoms with Crippen molar-refractivity contribution < 1.29 is 0 Å². The van der Waals surface area contributed by atoms with Crippen molar-refractivity contribution in [1.29, 1.82) is 0 Å². The van der Waals surface area contributed by atoms with Gasteiger partial charge >= 0.3 is 0 Å². The van der Waals surface area contributed by atoms with Gasteiger partial charge in [-0.3, -0.25) is 0 Å². The molecule has 1 nitrogen and oxygen atoms in total. The van der Waals surface area contributed by atoms with Gasteiger partial charge in [0.1, 0.15) is 0 Å². The van der Waals surface area contributed by atoms with E-state index in [4.69, 9.17) is 0 Å². The van der Waals surface area contributed by atoms with Gasteiger partial charge in [-0.25, -0.2) is 0 Å². The van der Waals surface area contributed by atoms with Gasteiger partial charge in [-0.15, -0.1) is 0 Å². The molecule has 1 aliphatic rings. The van der Waals surface area contributed by atoms with Crippen molar-refractivity contribution in [3.63, 3.8) is 0 Å². The van der Waals surface area contributed by atoms with Crippen molar-refractivity contribution in [3.8, 4) is 0 Å². The SMILES string of the molecule is CC1CC(Nc2ccccc2C(C)(C)C)CS1. The minimum Gasteiger partial charge on any atom is -0.381 e. The standard InChI is InChI=1S/C15H23NS/c1-11-9-12(10-17-11)16-14-8-6-5-7-13(14)15(2,3)4/h5-8,11-12,16H,9-10H2,1-4H3. The van der Waals surface area contributed by atoms with Crippen LogP contribution >= 0.6 is 11.8 Å². The summed E-state index contributed by atoms with van der Waals surface area (Å²) >= 11 is 2.08. The Hall–Kier alpha value is -0.630. The van der Waals surface area contributed by atoms with E-state index >= 15 is 0 Å². The predicted molar refractivity (Wildman–Crippen MR) is 79.1 cm³/mol. The summed E-state index contributed by atoms with van der Waals surface area (Å²) in [6.45, 7) is 9.15. The van der Waals surface area contributed by atoms with Crippen LogP contribution in [0.15, 0.2) is 24.3 Å². The first kappa shape index (κ1) is 12.8. The molecule has 1 aromatic rings. The highest BCUT2D eigenvalue weighted by molar-refractivity contribution is 8.00. The lowest BCUT2D eigenvalue weighted by Gasteiger charge is -2.25. The van der Waals surface area contributed by atoms with Gasteiger partial charge in [0.15, 0.2) is 0 Å². The van der Waals surface area contributed by atoms with E-state index in [9.17, 15) is 0 Å². The molecule has 94 valence electrons. The summed E-state index contributed by atoms with van der Waals surface area (Å²) in [6, 6.07) is 9.36. The van der Waals surface area contributed by atoms with E-state index in [1.165, 1.54) is 23.4 Å². The third-order valence-corrected chi connectivity index (χ3v) is 4.65. The fraction of sp³-hybridized carbons (Fsp3) is 0.600. The van der Waals surface area contributed by atoms with E-state index in [0.29, 0.717) is 6.04 Å². The van der Waals surface area contributed by atoms with Crippen LogP contribution in [0.2, 0.25) is 0 Å². The molecule has 1 heterocycles. The van der Waals surface area contributed by atoms with Gasteiger partial charge in [0.2, 0.25) is 0 Å². The maximum absolute atomic E-state index is 3.73. The first-order chi connectivity index (χ1) is 7.97. The fourth-order valence-electron chi connectivity index (χ4n) is 2.40. The Balaban J connectivity index is 2.15. The summed E-state index contributed by atoms with van der Waals surface area (Å²) < 4.78 is 0. The van der Waals surface area contributed by atoms with E-state index in [1.54, 1.807) is 0 Å². The van der Waals surface area contributed by atoms with Crippen LogP contribution in [0, 0.1) is 0 Å². The van der Waals surface area contributed by atoms with Crippen molar-refractivity contribution in [2.75, 3.05) is 11.1 Å². The molecular weight excluding hydrogens is 226 g/mol. The lowest BCUT2D eigenvalue weighted by molar-refractivity contribution is 0.590. The highest BCUT2D eigenvalue weighted by Crippen LogP contribution is 2.33. The Labute approximate surface area is 109 Å². The van der Waals surface area contributed by atoms with Crippen molar-refractivity contribution in [3.05, 3.63) is 29.8 Å². The molecule has 0 bridgehead atoms. The number of anilines is 1. The monoisotopic (exact) mass is 249 g/mol. The molecule has 1 aromatic carbocycles. The molecule has 2 atom stereocenters. The van der Waals surface area contributed by atoms with Crippen LogP contribution in [0.4, 0.5) is 5.69 Å². The van der Waals surface area contributed by atoms with Gasteiger partial charge in [-0.1, -0.05) is 45.9 Å². The Bertz CT molecular complexity index is 381. The molecule has 1 aliphatic heterocycles. The average Bonchev–Trinajstić information content (AvgIpc) is 2.63. The van der Waals surface area contributed by atoms with Crippen LogP contribution in [0.1, 0.15) is 39.7 Å². The number of rotatable bonds is 2. The molecule has 0 spiro atoms. The molecule has 1 saturated heterocycles. The minimum absolute atomic E-state index is 0.209. The molecule has 2 unspecified atom stereocenters. The van der Waals surface area contributed by atoms with Crippen LogP contribution in [-0.2, 0) is 5.41 Å². The minimum atomic E-state index is 0.209. The van der Waals surface area contributed by atoms with Crippen molar-refractivity contribution in [2.45, 2.75) is 50.8 Å². The molecule has 2 heteroatoms. The summed E-state index contributed by atoms with van der Waals surface area (Å²) in [7, 11) is 0. The zero-order chi connectivity index (χ0) is 12.5. The van der Waals surface area contributed by atoms with E-state index in [1.807, 2.05) is 0 Å². The molecule has 0 aromatic heterocycles. The van der Waals surface area contributed by atoms with Crippen LogP contribution in [0.25, 0.3) is 0 Å². The highest BCUT2D eigenvalue weighted by Gasteiger charge is 2.24. The molecule has 0 amide bonds. The molecule has 2 rings (SSSR count). The number of hydrogen-bond donors (Lipinski definition) is 1. The summed E-state index contributed by atoms with van der Waals surface area (Å²) in [4.78, 5) is 0. The Kier molecular flexibility index (Phi) is 3.72. The Morgan fingerprint density at radius 1 is 1.24 bits per heavy atom. The quantitative estimate of drug-likeness (QED) is 0.839. The molecule has 0 aliphatic carbocycles. The first-order valence-electron chi connectivity index (χ1n) is 6.44. The van der Waals surface area contributed by atoms with Gasteiger partial charge in [0.25, 0.3) is 0 Å². The summed E-state index contributed by atoms with van der Waals surface area (Å²) in [6.07, 6.45) is 1.28. The summed E-state index contributed by atoms with van der Waals surface area (Å²) in [5.74, 6) is 1.24. The van der Waals surface area contributed by atoms with Crippen LogP contribution in [-0.4, -0.2) is 17.0 Å². The van der Waals surface area contributed by atoms with E-state index < -0.39 is 0 Å². The van der Waals surface area contributed by atoms with Crippen molar-refractivity contribution in [2.24, 2.45) is 0 Å². The Morgan fingerprint density at radius 2 is 1.94 bits per heavy atom. The number of para-hydroxylation sites is 1. The largest absolute Gasteiger partial charge is 0.381 e. The summed E-state index contributed by atoms with van der Waals surface area (Å²) in [5, 5.41) is 4.53. The van der Waals surface area contributed by atoms with E-state index in [2.05, 4.69) is 69.0 Å². The second kappa shape index (κ2) is 4.93. The molecule has 1 fully saturated rings. The van der Waals surface area contributed by atoms with Crippen LogP contribution in [0.3, 0.4) is 0 Å². The van der Waals surface area contributed by atoms with Gasteiger partial charge in [-0.2, -0.15) is 11.8 Å². The number of hydrogen-bond acceptors (Lipinski definition) is 2. The maximum Gasteiger partial charge on any atom is 0.0380 e. The third-order valence-electron chi connectivity index (χ3n) is 3.29. The van der Waals surface area contributed by atoms with Crippen molar-refractivity contribution >= 4 is 17.4 Å². The molecule has 17 heavy (non-hydrogen) atoms. The number of nitrogens with one attached hydrogen (secondary N) is 1. The average molecular weight is 249 g/mol. The zero-order valence-corrected chi connectivity index (χ0v) is 12.1. The molecular formula is C15H23NS. The molecule has 1 N–H and O–H groups in total. The second-order valence-corrected chi connectivity index (χ2v) is 7.49. The zero-order valence-electron chi connectivity index (χ0n) is 11.3. The Morgan fingerprint density at radius 3 is 2.53 bits per heavy atom. The number of thioether (sulfide) groups is 1. The molecule has 0 radical (unpaired) electrons. The van der Waals surface area contributed by atoms with Gasteiger partial charge in [0.05, 0.1) is 0 Å². The lowest BCUT2D eigenvalue weighted by atomic mass is 9.85. The predicted octanol–water partition coefficient (Wildman–Crippen LogP) is 4.29. The smallest absolute Gasteiger partial charge is 0.0380 e.